The van der Waals surface area contributed by atoms with Crippen LogP contribution in [-0.4, -0.2) is 26.4 Å². The molecule has 10 heteroatoms. The van der Waals surface area contributed by atoms with E-state index in [9.17, 15) is 4.79 Å². The molecule has 3 aromatic rings. The Morgan fingerprint density at radius 1 is 1.17 bits per heavy atom. The minimum atomic E-state index is -0.0817. The van der Waals surface area contributed by atoms with Crippen LogP contribution in [-0.2, 0) is 23.3 Å². The van der Waals surface area contributed by atoms with Gasteiger partial charge in [-0.2, -0.15) is 0 Å². The Morgan fingerprint density at radius 2 is 1.97 bits per heavy atom. The molecule has 5 nitrogen and oxygen atoms in total. The molecule has 3 rings (SSSR count). The van der Waals surface area contributed by atoms with E-state index in [1.807, 2.05) is 48.9 Å². The van der Waals surface area contributed by atoms with Gasteiger partial charge in [-0.05, 0) is 48.4 Å². The van der Waals surface area contributed by atoms with Crippen LogP contribution in [0.5, 0.6) is 0 Å². The van der Waals surface area contributed by atoms with Crippen LogP contribution in [0.2, 0.25) is 10.0 Å². The number of rotatable bonds is 8. The van der Waals surface area contributed by atoms with Gasteiger partial charge in [0.15, 0.2) is 5.16 Å². The third-order valence-electron chi connectivity index (χ3n) is 4.22. The second-order valence-corrected chi connectivity index (χ2v) is 10.2. The number of nitrogens with zero attached hydrogens (tertiary/aromatic N) is 3. The van der Waals surface area contributed by atoms with Crippen LogP contribution in [0.1, 0.15) is 17.0 Å². The van der Waals surface area contributed by atoms with Gasteiger partial charge in [-0.3, -0.25) is 4.79 Å². The fourth-order valence-electron chi connectivity index (χ4n) is 2.57. The van der Waals surface area contributed by atoms with Gasteiger partial charge in [0.1, 0.15) is 5.82 Å². The molecule has 0 unspecified atom stereocenters. The predicted octanol–water partition coefficient (Wildman–Crippen LogP) is 6.36. The van der Waals surface area contributed by atoms with Crippen LogP contribution in [0.3, 0.4) is 0 Å². The maximum absolute atomic E-state index is 12.3. The summed E-state index contributed by atoms with van der Waals surface area (Å²) in [6, 6.07) is 11.3. The zero-order chi connectivity index (χ0) is 21.7. The number of anilines is 1. The van der Waals surface area contributed by atoms with E-state index in [1.54, 1.807) is 17.8 Å². The monoisotopic (exact) mass is 544 g/mol. The molecule has 2 aromatic carbocycles. The summed E-state index contributed by atoms with van der Waals surface area (Å²) in [5, 5.41) is 13.4. The lowest BCUT2D eigenvalue weighted by molar-refractivity contribution is -0.113. The number of aryl methyl sites for hydroxylation is 1. The lowest BCUT2D eigenvalue weighted by atomic mass is 10.2. The van der Waals surface area contributed by atoms with Crippen LogP contribution in [0.15, 0.2) is 46.0 Å². The lowest BCUT2D eigenvalue weighted by Gasteiger charge is -2.08. The normalized spacial score (nSPS) is 11.0. The summed E-state index contributed by atoms with van der Waals surface area (Å²) >= 11 is 18.6. The predicted molar refractivity (Wildman–Crippen MR) is 131 cm³/mol. The highest BCUT2D eigenvalue weighted by Gasteiger charge is 2.13. The Labute approximate surface area is 202 Å². The summed E-state index contributed by atoms with van der Waals surface area (Å²) in [4.78, 5) is 12.3. The van der Waals surface area contributed by atoms with E-state index in [-0.39, 0.29) is 11.7 Å². The molecule has 0 fully saturated rings. The minimum Gasteiger partial charge on any atom is -0.325 e. The molecule has 0 atom stereocenters. The average molecular weight is 546 g/mol. The van der Waals surface area contributed by atoms with E-state index in [4.69, 9.17) is 23.2 Å². The van der Waals surface area contributed by atoms with E-state index < -0.39 is 0 Å². The molecular weight excluding hydrogens is 527 g/mol. The Hall–Kier alpha value is -1.19. The van der Waals surface area contributed by atoms with Crippen LogP contribution >= 0.6 is 62.7 Å². The molecule has 0 radical (unpaired) electrons. The highest BCUT2D eigenvalue weighted by molar-refractivity contribution is 9.10. The second kappa shape index (κ2) is 10.9. The average Bonchev–Trinajstić information content (AvgIpc) is 3.04. The molecule has 1 heterocycles. The van der Waals surface area contributed by atoms with Gasteiger partial charge in [-0.15, -0.1) is 22.0 Å². The third-order valence-corrected chi connectivity index (χ3v) is 7.30. The SMILES string of the molecule is Cc1cc(Br)ccc1NC(=O)CSc1nnc(CSCc2ccc(Cl)cc2Cl)n1C. The Balaban J connectivity index is 1.50. The highest BCUT2D eigenvalue weighted by atomic mass is 79.9. The Kier molecular flexibility index (Phi) is 8.53. The molecule has 0 spiro atoms. The number of aromatic nitrogens is 3. The lowest BCUT2D eigenvalue weighted by Crippen LogP contribution is -2.15. The largest absolute Gasteiger partial charge is 0.325 e. The van der Waals surface area contributed by atoms with Gasteiger partial charge in [-0.1, -0.05) is 57.0 Å². The summed E-state index contributed by atoms with van der Waals surface area (Å²) in [6.07, 6.45) is 0. The Bertz CT molecular complexity index is 1060. The van der Waals surface area contributed by atoms with Crippen molar-refractivity contribution in [3.8, 4) is 0 Å². The van der Waals surface area contributed by atoms with Crippen molar-refractivity contribution < 1.29 is 4.79 Å². The summed E-state index contributed by atoms with van der Waals surface area (Å²) in [5.74, 6) is 2.46. The van der Waals surface area contributed by atoms with E-state index in [0.29, 0.717) is 21.0 Å². The molecular formula is C20H19BrCl2N4OS2. The van der Waals surface area contributed by atoms with Crippen molar-refractivity contribution in [3.63, 3.8) is 0 Å². The summed E-state index contributed by atoms with van der Waals surface area (Å²) in [6.45, 7) is 1.96. The van der Waals surface area contributed by atoms with Crippen LogP contribution in [0.4, 0.5) is 5.69 Å². The number of amides is 1. The number of hydrogen-bond donors (Lipinski definition) is 1. The number of hydrogen-bond acceptors (Lipinski definition) is 5. The second-order valence-electron chi connectivity index (χ2n) is 6.48. The molecule has 0 aliphatic rings. The van der Waals surface area contributed by atoms with Crippen LogP contribution in [0, 0.1) is 6.92 Å². The first kappa shape index (κ1) is 23.5. The molecule has 0 aliphatic carbocycles. The maximum Gasteiger partial charge on any atom is 0.234 e. The van der Waals surface area contributed by atoms with Gasteiger partial charge in [0.2, 0.25) is 5.91 Å². The van der Waals surface area contributed by atoms with E-state index in [2.05, 4.69) is 31.4 Å². The van der Waals surface area contributed by atoms with Crippen molar-refractivity contribution in [1.29, 1.82) is 0 Å². The fourth-order valence-corrected chi connectivity index (χ4v) is 5.34. The van der Waals surface area contributed by atoms with Crippen molar-refractivity contribution in [3.05, 3.63) is 67.9 Å². The van der Waals surface area contributed by atoms with Gasteiger partial charge in [0.25, 0.3) is 0 Å². The third kappa shape index (κ3) is 6.40. The van der Waals surface area contributed by atoms with Crippen molar-refractivity contribution in [2.75, 3.05) is 11.1 Å². The zero-order valence-corrected chi connectivity index (χ0v) is 21.0. The molecule has 0 aliphatic heterocycles. The smallest absolute Gasteiger partial charge is 0.234 e. The summed E-state index contributed by atoms with van der Waals surface area (Å²) in [5.41, 5.74) is 2.84. The molecule has 1 amide bonds. The van der Waals surface area contributed by atoms with E-state index >= 15 is 0 Å². The number of nitrogens with one attached hydrogen (secondary N) is 1. The number of halogens is 3. The van der Waals surface area contributed by atoms with Crippen molar-refractivity contribution >= 4 is 74.3 Å². The first-order chi connectivity index (χ1) is 14.3. The quantitative estimate of drug-likeness (QED) is 0.334. The number of thioether (sulfide) groups is 2. The highest BCUT2D eigenvalue weighted by Crippen LogP contribution is 2.27. The zero-order valence-electron chi connectivity index (χ0n) is 16.3. The summed E-state index contributed by atoms with van der Waals surface area (Å²) in [7, 11) is 1.91. The topological polar surface area (TPSA) is 59.8 Å². The van der Waals surface area contributed by atoms with E-state index in [0.717, 1.165) is 32.9 Å². The van der Waals surface area contributed by atoms with Gasteiger partial charge in [0, 0.05) is 33.0 Å². The molecule has 158 valence electrons. The Morgan fingerprint density at radius 3 is 2.70 bits per heavy atom. The molecule has 0 bridgehead atoms. The van der Waals surface area contributed by atoms with Crippen molar-refractivity contribution in [2.24, 2.45) is 7.05 Å². The minimum absolute atomic E-state index is 0.0817. The first-order valence-corrected chi connectivity index (χ1v) is 12.6. The number of carbonyl (C=O) groups is 1. The molecule has 0 saturated heterocycles. The fraction of sp³-hybridized carbons (Fsp3) is 0.250. The van der Waals surface area contributed by atoms with E-state index in [1.165, 1.54) is 11.8 Å². The number of carbonyl (C=O) groups excluding carboxylic acids is 1. The molecule has 30 heavy (non-hydrogen) atoms. The van der Waals surface area contributed by atoms with Crippen LogP contribution < -0.4 is 5.32 Å². The standard InChI is InChI=1S/C20H19BrCl2N4OS2/c1-12-7-14(21)4-6-17(12)24-19(28)11-30-20-26-25-18(27(20)2)10-29-9-13-3-5-15(22)8-16(13)23/h3-8H,9-11H2,1-2H3,(H,24,28). The van der Waals surface area contributed by atoms with Gasteiger partial charge in [0.05, 0.1) is 11.5 Å². The molecule has 0 saturated carbocycles. The van der Waals surface area contributed by atoms with Crippen LogP contribution in [0.25, 0.3) is 0 Å². The van der Waals surface area contributed by atoms with Crippen molar-refractivity contribution in [2.45, 2.75) is 23.6 Å². The van der Waals surface area contributed by atoms with Gasteiger partial charge < -0.3 is 9.88 Å². The summed E-state index contributed by atoms with van der Waals surface area (Å²) < 4.78 is 2.90. The maximum atomic E-state index is 12.3. The molecule has 1 aromatic heterocycles. The number of benzene rings is 2. The van der Waals surface area contributed by atoms with Crippen molar-refractivity contribution in [1.82, 2.24) is 14.8 Å². The van der Waals surface area contributed by atoms with Gasteiger partial charge in [-0.25, -0.2) is 0 Å². The first-order valence-electron chi connectivity index (χ1n) is 8.92. The van der Waals surface area contributed by atoms with Gasteiger partial charge >= 0.3 is 0 Å². The molecule has 1 N–H and O–H groups in total.